The Labute approximate surface area is 129 Å². The lowest BCUT2D eigenvalue weighted by Crippen LogP contribution is -2.39. The van der Waals surface area contributed by atoms with Crippen LogP contribution in [-0.2, 0) is 0 Å². The van der Waals surface area contributed by atoms with Gasteiger partial charge in [-0.05, 0) is 32.4 Å². The minimum absolute atomic E-state index is 0. The molecular weight excluding hydrogens is 270 g/mol. The molecule has 1 aromatic rings. The summed E-state index contributed by atoms with van der Waals surface area (Å²) < 4.78 is 0. The molecular formula is C17H26ClNO. The van der Waals surface area contributed by atoms with Crippen LogP contribution in [0, 0.1) is 0 Å². The van der Waals surface area contributed by atoms with Gasteiger partial charge in [-0.1, -0.05) is 56.5 Å². The molecule has 0 radical (unpaired) electrons. The predicted octanol–water partition coefficient (Wildman–Crippen LogP) is 4.34. The van der Waals surface area contributed by atoms with E-state index in [1.165, 1.54) is 25.7 Å². The minimum atomic E-state index is 0. The minimum Gasteiger partial charge on any atom is -0.293 e. The molecule has 1 aliphatic rings. The fraction of sp³-hybridized carbons (Fsp3) is 0.588. The van der Waals surface area contributed by atoms with Gasteiger partial charge in [-0.2, -0.15) is 0 Å². The molecule has 0 saturated carbocycles. The molecule has 0 bridgehead atoms. The molecule has 1 fully saturated rings. The van der Waals surface area contributed by atoms with Crippen LogP contribution in [0.4, 0.5) is 0 Å². The molecule has 1 aliphatic heterocycles. The van der Waals surface area contributed by atoms with Gasteiger partial charge in [0.05, 0.1) is 6.04 Å². The molecule has 1 heterocycles. The maximum absolute atomic E-state index is 12.7. The van der Waals surface area contributed by atoms with Crippen molar-refractivity contribution >= 4 is 18.2 Å². The van der Waals surface area contributed by atoms with E-state index in [0.29, 0.717) is 5.78 Å². The van der Waals surface area contributed by atoms with E-state index in [1.807, 2.05) is 30.3 Å². The zero-order valence-corrected chi connectivity index (χ0v) is 13.2. The number of Topliss-reactive ketones (excluding diaryl/α,β-unsaturated/α-hetero) is 1. The van der Waals surface area contributed by atoms with Crippen molar-refractivity contribution in [1.82, 2.24) is 4.90 Å². The first-order valence-electron chi connectivity index (χ1n) is 7.66. The zero-order valence-electron chi connectivity index (χ0n) is 12.4. The first-order chi connectivity index (χ1) is 9.33. The molecule has 0 amide bonds. The molecule has 0 spiro atoms. The summed E-state index contributed by atoms with van der Waals surface area (Å²) >= 11 is 0. The standard InChI is InChI=1S/C17H25NO.ClH/c1-2-3-5-12-16(18-13-8-9-14-18)17(19)15-10-6-4-7-11-15;/h4,6-7,10-11,16H,2-3,5,8-9,12-14H2,1H3;1H. The average Bonchev–Trinajstić information content (AvgIpc) is 2.98. The number of halogens is 1. The summed E-state index contributed by atoms with van der Waals surface area (Å²) in [5.74, 6) is 0.318. The van der Waals surface area contributed by atoms with Crippen LogP contribution in [0.2, 0.25) is 0 Å². The van der Waals surface area contributed by atoms with Crippen molar-refractivity contribution in [1.29, 1.82) is 0 Å². The average molecular weight is 296 g/mol. The van der Waals surface area contributed by atoms with Crippen LogP contribution in [-0.4, -0.2) is 29.8 Å². The first kappa shape index (κ1) is 17.2. The van der Waals surface area contributed by atoms with E-state index in [0.717, 1.165) is 31.5 Å². The van der Waals surface area contributed by atoms with E-state index in [4.69, 9.17) is 0 Å². The highest BCUT2D eigenvalue weighted by molar-refractivity contribution is 6.00. The summed E-state index contributed by atoms with van der Waals surface area (Å²) in [5.41, 5.74) is 0.871. The summed E-state index contributed by atoms with van der Waals surface area (Å²) in [6, 6.07) is 9.90. The molecule has 0 aliphatic carbocycles. The van der Waals surface area contributed by atoms with Crippen LogP contribution in [0.15, 0.2) is 30.3 Å². The molecule has 112 valence electrons. The van der Waals surface area contributed by atoms with Gasteiger partial charge in [0.15, 0.2) is 5.78 Å². The largest absolute Gasteiger partial charge is 0.293 e. The summed E-state index contributed by atoms with van der Waals surface area (Å²) in [6.45, 7) is 4.40. The smallest absolute Gasteiger partial charge is 0.179 e. The fourth-order valence-corrected chi connectivity index (χ4v) is 2.92. The van der Waals surface area contributed by atoms with Gasteiger partial charge >= 0.3 is 0 Å². The number of likely N-dealkylation sites (tertiary alicyclic amines) is 1. The topological polar surface area (TPSA) is 20.3 Å². The van der Waals surface area contributed by atoms with Crippen molar-refractivity contribution in [2.75, 3.05) is 13.1 Å². The molecule has 0 N–H and O–H groups in total. The summed E-state index contributed by atoms with van der Waals surface area (Å²) in [4.78, 5) is 15.1. The number of carbonyl (C=O) groups is 1. The zero-order chi connectivity index (χ0) is 13.5. The van der Waals surface area contributed by atoms with Crippen LogP contribution in [0.5, 0.6) is 0 Å². The Morgan fingerprint density at radius 2 is 1.80 bits per heavy atom. The van der Waals surface area contributed by atoms with E-state index in [1.54, 1.807) is 0 Å². The van der Waals surface area contributed by atoms with Crippen molar-refractivity contribution < 1.29 is 4.79 Å². The first-order valence-corrected chi connectivity index (χ1v) is 7.66. The Hall–Kier alpha value is -0.860. The Kier molecular flexibility index (Phi) is 7.86. The number of hydrogen-bond donors (Lipinski definition) is 0. The van der Waals surface area contributed by atoms with Gasteiger partial charge in [0, 0.05) is 5.56 Å². The lowest BCUT2D eigenvalue weighted by molar-refractivity contribution is 0.0835. The van der Waals surface area contributed by atoms with E-state index >= 15 is 0 Å². The van der Waals surface area contributed by atoms with Gasteiger partial charge in [0.1, 0.15) is 0 Å². The molecule has 2 rings (SSSR count). The van der Waals surface area contributed by atoms with Crippen molar-refractivity contribution in [3.63, 3.8) is 0 Å². The SMILES string of the molecule is CCCCCC(C(=O)c1ccccc1)N1CCCC1.Cl. The lowest BCUT2D eigenvalue weighted by atomic mass is 9.98. The summed E-state index contributed by atoms with van der Waals surface area (Å²) in [7, 11) is 0. The van der Waals surface area contributed by atoms with Gasteiger partial charge in [-0.3, -0.25) is 9.69 Å². The van der Waals surface area contributed by atoms with Gasteiger partial charge in [0.2, 0.25) is 0 Å². The van der Waals surface area contributed by atoms with Gasteiger partial charge in [-0.15, -0.1) is 12.4 Å². The molecule has 3 heteroatoms. The molecule has 2 nitrogen and oxygen atoms in total. The predicted molar refractivity (Wildman–Crippen MR) is 86.8 cm³/mol. The normalized spacial score (nSPS) is 16.6. The number of ketones is 1. The fourth-order valence-electron chi connectivity index (χ4n) is 2.92. The van der Waals surface area contributed by atoms with E-state index in [-0.39, 0.29) is 18.4 Å². The van der Waals surface area contributed by atoms with Crippen molar-refractivity contribution in [3.8, 4) is 0 Å². The molecule has 20 heavy (non-hydrogen) atoms. The second-order valence-corrected chi connectivity index (χ2v) is 5.48. The third-order valence-corrected chi connectivity index (χ3v) is 4.02. The van der Waals surface area contributed by atoms with Crippen LogP contribution < -0.4 is 0 Å². The van der Waals surface area contributed by atoms with Crippen LogP contribution >= 0.6 is 12.4 Å². The van der Waals surface area contributed by atoms with Crippen LogP contribution in [0.1, 0.15) is 55.8 Å². The maximum atomic E-state index is 12.7. The molecule has 0 aromatic heterocycles. The Morgan fingerprint density at radius 3 is 2.40 bits per heavy atom. The Morgan fingerprint density at radius 1 is 1.15 bits per heavy atom. The van der Waals surface area contributed by atoms with Crippen LogP contribution in [0.3, 0.4) is 0 Å². The Bertz CT molecular complexity index is 387. The Balaban J connectivity index is 0.00000200. The number of hydrogen-bond acceptors (Lipinski definition) is 2. The monoisotopic (exact) mass is 295 g/mol. The van der Waals surface area contributed by atoms with E-state index < -0.39 is 0 Å². The van der Waals surface area contributed by atoms with Crippen molar-refractivity contribution in [2.45, 2.75) is 51.5 Å². The molecule has 1 unspecified atom stereocenters. The maximum Gasteiger partial charge on any atom is 0.179 e. The number of unbranched alkanes of at least 4 members (excludes halogenated alkanes) is 2. The third kappa shape index (κ3) is 4.60. The summed E-state index contributed by atoms with van der Waals surface area (Å²) in [6.07, 6.45) is 7.11. The van der Waals surface area contributed by atoms with Gasteiger partial charge < -0.3 is 0 Å². The van der Waals surface area contributed by atoms with Gasteiger partial charge in [0.25, 0.3) is 0 Å². The highest BCUT2D eigenvalue weighted by Gasteiger charge is 2.28. The molecule has 1 saturated heterocycles. The van der Waals surface area contributed by atoms with E-state index in [9.17, 15) is 4.79 Å². The lowest BCUT2D eigenvalue weighted by Gasteiger charge is -2.26. The molecule has 1 atom stereocenters. The van der Waals surface area contributed by atoms with Crippen LogP contribution in [0.25, 0.3) is 0 Å². The van der Waals surface area contributed by atoms with Crippen molar-refractivity contribution in [2.24, 2.45) is 0 Å². The third-order valence-electron chi connectivity index (χ3n) is 4.02. The van der Waals surface area contributed by atoms with E-state index in [2.05, 4.69) is 11.8 Å². The number of rotatable bonds is 7. The second kappa shape index (κ2) is 9.15. The number of nitrogens with zero attached hydrogens (tertiary/aromatic N) is 1. The van der Waals surface area contributed by atoms with Gasteiger partial charge in [-0.25, -0.2) is 0 Å². The molecule has 1 aromatic carbocycles. The second-order valence-electron chi connectivity index (χ2n) is 5.48. The quantitative estimate of drug-likeness (QED) is 0.551. The highest BCUT2D eigenvalue weighted by Crippen LogP contribution is 2.20. The summed E-state index contributed by atoms with van der Waals surface area (Å²) in [5, 5.41) is 0. The highest BCUT2D eigenvalue weighted by atomic mass is 35.5. The van der Waals surface area contributed by atoms with Crippen molar-refractivity contribution in [3.05, 3.63) is 35.9 Å². The number of carbonyl (C=O) groups excluding carboxylic acids is 1. The number of benzene rings is 1.